The summed E-state index contributed by atoms with van der Waals surface area (Å²) in [6.45, 7) is 20.0. The molecule has 0 aliphatic heterocycles. The molecule has 6 nitrogen and oxygen atoms in total. The third-order valence-electron chi connectivity index (χ3n) is 4.88. The number of hydrogen-bond acceptors (Lipinski definition) is 6. The summed E-state index contributed by atoms with van der Waals surface area (Å²) in [6, 6.07) is 0.955. The van der Waals surface area contributed by atoms with Crippen molar-refractivity contribution in [3.8, 4) is 0 Å². The van der Waals surface area contributed by atoms with Gasteiger partial charge in [-0.2, -0.15) is 0 Å². The largest absolute Gasteiger partial charge is 0.437 e. The van der Waals surface area contributed by atoms with Crippen molar-refractivity contribution in [2.24, 2.45) is 5.92 Å². The van der Waals surface area contributed by atoms with Crippen LogP contribution in [0.3, 0.4) is 0 Å². The first-order valence-corrected chi connectivity index (χ1v) is 24.2. The summed E-state index contributed by atoms with van der Waals surface area (Å²) in [5, 5.41) is 28.6. The average molecular weight is 513 g/mol. The first kappa shape index (κ1) is 31.6. The molecule has 0 rings (SSSR count). The molecule has 2 unspecified atom stereocenters. The van der Waals surface area contributed by atoms with Gasteiger partial charge in [-0.1, -0.05) is 19.3 Å². The van der Waals surface area contributed by atoms with Crippen LogP contribution in [0, 0.1) is 5.92 Å². The van der Waals surface area contributed by atoms with Gasteiger partial charge in [0.25, 0.3) is 0 Å². The van der Waals surface area contributed by atoms with Gasteiger partial charge in [0, 0.05) is 13.2 Å². The zero-order valence-corrected chi connectivity index (χ0v) is 25.8. The topological polar surface area (TPSA) is 88.4 Å². The van der Waals surface area contributed by atoms with Crippen LogP contribution in [0.2, 0.25) is 65.0 Å². The molecule has 0 aromatic heterocycles. The molecule has 0 aromatic carbocycles. The maximum Gasteiger partial charge on any atom is 0.315 e. The highest BCUT2D eigenvalue weighted by Crippen LogP contribution is 2.29. The molecule has 188 valence electrons. The van der Waals surface area contributed by atoms with Gasteiger partial charge >= 0.3 is 17.1 Å². The summed E-state index contributed by atoms with van der Waals surface area (Å²) in [5.74, 6) is 0.192. The van der Waals surface area contributed by atoms with Gasteiger partial charge in [0.15, 0.2) is 16.6 Å². The SMILES string of the molecule is C[Si](C)(C)O[Si](C)(C)O[Si](C)(CCCCCC(O)CC(CCO)CCO)O[Si](C)(C)C. The third-order valence-corrected chi connectivity index (χ3v) is 18.4. The Bertz CT molecular complexity index is 475. The molecule has 0 aliphatic rings. The van der Waals surface area contributed by atoms with Gasteiger partial charge < -0.3 is 27.7 Å². The molecule has 0 aliphatic carbocycles. The van der Waals surface area contributed by atoms with E-state index in [0.29, 0.717) is 19.3 Å². The van der Waals surface area contributed by atoms with Gasteiger partial charge in [-0.25, -0.2) is 0 Å². The van der Waals surface area contributed by atoms with Gasteiger partial charge in [-0.3, -0.25) is 0 Å². The predicted octanol–water partition coefficient (Wildman–Crippen LogP) is 5.17. The minimum absolute atomic E-state index is 0.110. The van der Waals surface area contributed by atoms with E-state index in [-0.39, 0.29) is 25.2 Å². The van der Waals surface area contributed by atoms with Gasteiger partial charge in [-0.15, -0.1) is 0 Å². The molecule has 0 fully saturated rings. The van der Waals surface area contributed by atoms with Crippen LogP contribution < -0.4 is 0 Å². The van der Waals surface area contributed by atoms with Crippen molar-refractivity contribution < 1.29 is 27.7 Å². The smallest absolute Gasteiger partial charge is 0.315 e. The molecule has 0 saturated carbocycles. The molecule has 0 amide bonds. The zero-order chi connectivity index (χ0) is 24.3. The number of aliphatic hydroxyl groups is 3. The second kappa shape index (κ2) is 14.1. The molecule has 0 heterocycles. The van der Waals surface area contributed by atoms with Crippen LogP contribution in [0.5, 0.6) is 0 Å². The quantitative estimate of drug-likeness (QED) is 0.173. The number of unbranched alkanes of at least 4 members (excludes halogenated alkanes) is 2. The number of hydrogen-bond donors (Lipinski definition) is 3. The summed E-state index contributed by atoms with van der Waals surface area (Å²) in [4.78, 5) is 0. The molecule has 0 saturated heterocycles. The van der Waals surface area contributed by atoms with Crippen molar-refractivity contribution in [1.82, 2.24) is 0 Å². The first-order valence-electron chi connectivity index (χ1n) is 12.0. The van der Waals surface area contributed by atoms with E-state index >= 15 is 0 Å². The van der Waals surface area contributed by atoms with Gasteiger partial charge in [0.2, 0.25) is 0 Å². The summed E-state index contributed by atoms with van der Waals surface area (Å²) in [7, 11) is -8.01. The molecular weight excluding hydrogens is 461 g/mol. The fourth-order valence-electron chi connectivity index (χ4n) is 4.30. The highest BCUT2D eigenvalue weighted by molar-refractivity contribution is 6.89. The summed E-state index contributed by atoms with van der Waals surface area (Å²) in [5.41, 5.74) is 0. The average Bonchev–Trinajstić information content (AvgIpc) is 2.49. The minimum atomic E-state index is -2.34. The van der Waals surface area contributed by atoms with Crippen LogP contribution in [-0.4, -0.2) is 68.4 Å². The molecule has 2 atom stereocenters. The molecule has 31 heavy (non-hydrogen) atoms. The lowest BCUT2D eigenvalue weighted by molar-refractivity contribution is 0.110. The standard InChI is InChI=1S/C21H52O6Si4/c1-28(2,3)25-30(7,8)27-31(9,26-29(4,5)6)18-12-10-11-13-21(24)19-20(14-16-22)15-17-23/h20-24H,10-19H2,1-9H3. The van der Waals surface area contributed by atoms with E-state index in [1.807, 2.05) is 0 Å². The maximum absolute atomic E-state index is 10.3. The Morgan fingerprint density at radius 2 is 1.16 bits per heavy atom. The van der Waals surface area contributed by atoms with Crippen molar-refractivity contribution >= 4 is 33.8 Å². The predicted molar refractivity (Wildman–Crippen MR) is 140 cm³/mol. The normalized spacial score (nSPS) is 16.5. The van der Waals surface area contributed by atoms with Gasteiger partial charge in [0.05, 0.1) is 6.10 Å². The molecule has 0 bridgehead atoms. The molecular formula is C21H52O6Si4. The van der Waals surface area contributed by atoms with E-state index in [0.717, 1.165) is 31.7 Å². The van der Waals surface area contributed by atoms with Crippen molar-refractivity contribution in [1.29, 1.82) is 0 Å². The Morgan fingerprint density at radius 3 is 1.61 bits per heavy atom. The van der Waals surface area contributed by atoms with Crippen LogP contribution >= 0.6 is 0 Å². The molecule has 3 N–H and O–H groups in total. The zero-order valence-electron chi connectivity index (χ0n) is 21.8. The molecule has 0 spiro atoms. The van der Waals surface area contributed by atoms with E-state index in [2.05, 4.69) is 58.9 Å². The highest BCUT2D eigenvalue weighted by atomic mass is 28.5. The summed E-state index contributed by atoms with van der Waals surface area (Å²) >= 11 is 0. The third kappa shape index (κ3) is 17.7. The Morgan fingerprint density at radius 1 is 0.645 bits per heavy atom. The Hall–Kier alpha value is 0.628. The summed E-state index contributed by atoms with van der Waals surface area (Å²) in [6.07, 6.45) is 5.39. The minimum Gasteiger partial charge on any atom is -0.437 e. The highest BCUT2D eigenvalue weighted by Gasteiger charge is 2.44. The van der Waals surface area contributed by atoms with Crippen LogP contribution in [-0.2, 0) is 12.3 Å². The Balaban J connectivity index is 4.68. The Labute approximate surface area is 196 Å². The molecule has 10 heteroatoms. The van der Waals surface area contributed by atoms with E-state index in [1.165, 1.54) is 0 Å². The van der Waals surface area contributed by atoms with Crippen LogP contribution in [0.25, 0.3) is 0 Å². The van der Waals surface area contributed by atoms with Crippen molar-refractivity contribution in [2.75, 3.05) is 13.2 Å². The van der Waals surface area contributed by atoms with Crippen molar-refractivity contribution in [3.63, 3.8) is 0 Å². The second-order valence-electron chi connectivity index (χ2n) is 11.4. The molecule has 0 radical (unpaired) electrons. The fourth-order valence-corrected chi connectivity index (χ4v) is 22.3. The van der Waals surface area contributed by atoms with Gasteiger partial charge in [0.1, 0.15) is 0 Å². The first-order chi connectivity index (χ1) is 14.0. The lowest BCUT2D eigenvalue weighted by Crippen LogP contribution is -2.56. The maximum atomic E-state index is 10.3. The lowest BCUT2D eigenvalue weighted by Gasteiger charge is -2.41. The monoisotopic (exact) mass is 512 g/mol. The summed E-state index contributed by atoms with van der Waals surface area (Å²) < 4.78 is 19.8. The second-order valence-corrected chi connectivity index (χ2v) is 27.9. The van der Waals surface area contributed by atoms with Crippen LogP contribution in [0.4, 0.5) is 0 Å². The molecule has 0 aromatic rings. The van der Waals surface area contributed by atoms with Gasteiger partial charge in [-0.05, 0) is 96.6 Å². The van der Waals surface area contributed by atoms with Crippen LogP contribution in [0.1, 0.15) is 44.9 Å². The van der Waals surface area contributed by atoms with E-state index in [1.54, 1.807) is 0 Å². The number of rotatable bonds is 18. The van der Waals surface area contributed by atoms with Crippen molar-refractivity contribution in [2.45, 2.75) is 116 Å². The lowest BCUT2D eigenvalue weighted by atomic mass is 9.93. The number of aliphatic hydroxyl groups excluding tert-OH is 3. The van der Waals surface area contributed by atoms with Crippen LogP contribution in [0.15, 0.2) is 0 Å². The van der Waals surface area contributed by atoms with E-state index in [4.69, 9.17) is 22.6 Å². The van der Waals surface area contributed by atoms with Crippen molar-refractivity contribution in [3.05, 3.63) is 0 Å². The van der Waals surface area contributed by atoms with E-state index in [9.17, 15) is 5.11 Å². The van der Waals surface area contributed by atoms with E-state index < -0.39 is 33.8 Å². The Kier molecular flexibility index (Phi) is 14.4. The fraction of sp³-hybridized carbons (Fsp3) is 1.00.